The number of fused-ring (bicyclic) bond motifs is 1. The van der Waals surface area contributed by atoms with E-state index in [-0.39, 0.29) is 23.8 Å². The van der Waals surface area contributed by atoms with E-state index in [0.717, 1.165) is 55.7 Å². The van der Waals surface area contributed by atoms with Crippen LogP contribution >= 0.6 is 11.3 Å². The van der Waals surface area contributed by atoms with E-state index in [1.54, 1.807) is 0 Å². The van der Waals surface area contributed by atoms with Crippen LogP contribution in [0, 0.1) is 11.8 Å². The summed E-state index contributed by atoms with van der Waals surface area (Å²) in [5.41, 5.74) is 1.57. The summed E-state index contributed by atoms with van der Waals surface area (Å²) in [6.45, 7) is 6.28. The maximum absolute atomic E-state index is 12.7. The molecular weight excluding hydrogens is 392 g/mol. The Balaban J connectivity index is 1.61. The van der Waals surface area contributed by atoms with Crippen molar-refractivity contribution in [2.45, 2.75) is 46.0 Å². The van der Waals surface area contributed by atoms with Crippen molar-refractivity contribution in [3.63, 3.8) is 0 Å². The van der Waals surface area contributed by atoms with Gasteiger partial charge >= 0.3 is 11.9 Å². The lowest BCUT2D eigenvalue weighted by atomic mass is 9.88. The van der Waals surface area contributed by atoms with Gasteiger partial charge in [0.25, 0.3) is 5.91 Å². The number of nitrogens with one attached hydrogen (secondary N) is 2. The number of carbonyl (C=O) groups excluding carboxylic acids is 3. The Labute approximate surface area is 175 Å². The fourth-order valence-electron chi connectivity index (χ4n) is 4.25. The molecule has 1 aromatic heterocycles. The van der Waals surface area contributed by atoms with Crippen LogP contribution in [-0.2, 0) is 31.9 Å². The number of ether oxygens (including phenoxy) is 2. The topological polar surface area (TPSA) is 86.1 Å². The third-order valence-corrected chi connectivity index (χ3v) is 7.05. The van der Waals surface area contributed by atoms with Gasteiger partial charge in [-0.05, 0) is 37.7 Å². The molecule has 8 heteroatoms. The van der Waals surface area contributed by atoms with E-state index in [2.05, 4.69) is 12.2 Å². The first kappa shape index (κ1) is 21.8. The fraction of sp³-hybridized carbons (Fsp3) is 0.667. The molecule has 0 saturated carbocycles. The predicted molar refractivity (Wildman–Crippen MR) is 110 cm³/mol. The molecule has 7 nitrogen and oxygen atoms in total. The van der Waals surface area contributed by atoms with Gasteiger partial charge in [-0.25, -0.2) is 4.79 Å². The molecule has 1 aliphatic carbocycles. The first-order chi connectivity index (χ1) is 13.9. The highest BCUT2D eigenvalue weighted by molar-refractivity contribution is 7.17. The lowest BCUT2D eigenvalue weighted by Gasteiger charge is -2.27. The summed E-state index contributed by atoms with van der Waals surface area (Å²) in [5.74, 6) is -0.0857. The zero-order valence-electron chi connectivity index (χ0n) is 17.5. The van der Waals surface area contributed by atoms with Gasteiger partial charge in [0.1, 0.15) is 5.00 Å². The number of amides is 1. The highest BCUT2D eigenvalue weighted by Crippen LogP contribution is 2.39. The summed E-state index contributed by atoms with van der Waals surface area (Å²) in [6.07, 6.45) is 4.30. The first-order valence-corrected chi connectivity index (χ1v) is 11.3. The molecule has 1 aromatic rings. The number of esters is 2. The van der Waals surface area contributed by atoms with Gasteiger partial charge in [0, 0.05) is 17.7 Å². The standard InChI is InChI=1S/C21H30N2O5S/c1-4-28-20(25)14-7-9-23(10-8-14)12-17(24)22-19-18(21(26)27-3)15-6-5-13(2)11-16(15)29-19/h13-14H,4-12H2,1-3H3,(H,22,24)/p+1/t13-/m1/s1. The molecule has 0 radical (unpaired) electrons. The molecule has 2 aliphatic rings. The zero-order valence-corrected chi connectivity index (χ0v) is 18.3. The summed E-state index contributed by atoms with van der Waals surface area (Å²) in [4.78, 5) is 39.2. The SMILES string of the molecule is CCOC(=O)C1CC[NH+](CC(=O)Nc2sc3c(c2C(=O)OC)CC[C@@H](C)C3)CC1. The molecule has 2 heterocycles. The molecule has 0 bridgehead atoms. The van der Waals surface area contributed by atoms with E-state index in [1.165, 1.54) is 23.3 Å². The molecule has 0 unspecified atom stereocenters. The van der Waals surface area contributed by atoms with E-state index in [0.29, 0.717) is 29.6 Å². The van der Waals surface area contributed by atoms with Crippen LogP contribution in [0.25, 0.3) is 0 Å². The Morgan fingerprint density at radius 1 is 1.21 bits per heavy atom. The maximum Gasteiger partial charge on any atom is 0.341 e. The second-order valence-electron chi connectivity index (χ2n) is 8.05. The van der Waals surface area contributed by atoms with Crippen molar-refractivity contribution in [2.75, 3.05) is 38.7 Å². The van der Waals surface area contributed by atoms with Crippen molar-refractivity contribution in [3.8, 4) is 0 Å². The number of likely N-dealkylation sites (tertiary alicyclic amines) is 1. The molecule has 29 heavy (non-hydrogen) atoms. The van der Waals surface area contributed by atoms with E-state index in [4.69, 9.17) is 9.47 Å². The van der Waals surface area contributed by atoms with Crippen LogP contribution < -0.4 is 10.2 Å². The van der Waals surface area contributed by atoms with E-state index >= 15 is 0 Å². The number of quaternary nitrogens is 1. The lowest BCUT2D eigenvalue weighted by Crippen LogP contribution is -3.14. The number of hydrogen-bond acceptors (Lipinski definition) is 6. The Morgan fingerprint density at radius 3 is 2.59 bits per heavy atom. The quantitative estimate of drug-likeness (QED) is 0.677. The molecule has 0 spiro atoms. The summed E-state index contributed by atoms with van der Waals surface area (Å²) in [7, 11) is 1.38. The monoisotopic (exact) mass is 423 g/mol. The molecule has 1 amide bonds. The smallest absolute Gasteiger partial charge is 0.341 e. The summed E-state index contributed by atoms with van der Waals surface area (Å²) >= 11 is 1.51. The van der Waals surface area contributed by atoms with Crippen LogP contribution in [0.15, 0.2) is 0 Å². The molecule has 1 atom stereocenters. The van der Waals surface area contributed by atoms with E-state index in [1.807, 2.05) is 6.92 Å². The number of hydrogen-bond donors (Lipinski definition) is 2. The third kappa shape index (κ3) is 5.17. The minimum Gasteiger partial charge on any atom is -0.466 e. The Morgan fingerprint density at radius 2 is 1.93 bits per heavy atom. The minimum atomic E-state index is -0.380. The van der Waals surface area contributed by atoms with Gasteiger partial charge in [0.2, 0.25) is 0 Å². The normalized spacial score (nSPS) is 23.8. The van der Waals surface area contributed by atoms with Crippen molar-refractivity contribution in [3.05, 3.63) is 16.0 Å². The number of piperidine rings is 1. The van der Waals surface area contributed by atoms with Crippen LogP contribution in [0.2, 0.25) is 0 Å². The Hall–Kier alpha value is -1.93. The second kappa shape index (κ2) is 9.71. The Bertz CT molecular complexity index is 767. The van der Waals surface area contributed by atoms with Crippen molar-refractivity contribution >= 4 is 34.2 Å². The summed E-state index contributed by atoms with van der Waals surface area (Å²) in [5, 5.41) is 3.58. The number of methoxy groups -OCH3 is 1. The van der Waals surface area contributed by atoms with Gasteiger partial charge in [-0.3, -0.25) is 9.59 Å². The zero-order chi connectivity index (χ0) is 21.0. The number of carbonyl (C=O) groups is 3. The van der Waals surface area contributed by atoms with Crippen LogP contribution in [0.1, 0.15) is 53.9 Å². The van der Waals surface area contributed by atoms with Gasteiger partial charge in [-0.15, -0.1) is 11.3 Å². The summed E-state index contributed by atoms with van der Waals surface area (Å²) < 4.78 is 10.1. The Kier molecular flexibility index (Phi) is 7.29. The van der Waals surface area contributed by atoms with E-state index in [9.17, 15) is 14.4 Å². The van der Waals surface area contributed by atoms with Gasteiger partial charge in [-0.2, -0.15) is 0 Å². The fourth-order valence-corrected chi connectivity index (χ4v) is 5.67. The van der Waals surface area contributed by atoms with Crippen molar-refractivity contribution in [1.29, 1.82) is 0 Å². The average Bonchev–Trinajstić information content (AvgIpc) is 3.04. The predicted octanol–water partition coefficient (Wildman–Crippen LogP) is 1.46. The molecule has 3 rings (SSSR count). The van der Waals surface area contributed by atoms with Crippen LogP contribution in [0.4, 0.5) is 5.00 Å². The molecule has 160 valence electrons. The largest absolute Gasteiger partial charge is 0.466 e. The highest BCUT2D eigenvalue weighted by atomic mass is 32.1. The van der Waals surface area contributed by atoms with Crippen molar-refractivity contribution < 1.29 is 28.8 Å². The van der Waals surface area contributed by atoms with Gasteiger partial charge in [-0.1, -0.05) is 6.92 Å². The molecule has 1 fully saturated rings. The number of anilines is 1. The average molecular weight is 424 g/mol. The van der Waals surface area contributed by atoms with Gasteiger partial charge in [0.15, 0.2) is 6.54 Å². The van der Waals surface area contributed by atoms with Crippen LogP contribution in [0.3, 0.4) is 0 Å². The number of rotatable bonds is 6. The molecular formula is C21H31N2O5S+. The van der Waals surface area contributed by atoms with Crippen molar-refractivity contribution in [2.24, 2.45) is 11.8 Å². The van der Waals surface area contributed by atoms with Crippen molar-refractivity contribution in [1.82, 2.24) is 0 Å². The molecule has 2 N–H and O–H groups in total. The maximum atomic E-state index is 12.7. The molecule has 1 aliphatic heterocycles. The van der Waals surface area contributed by atoms with Crippen LogP contribution in [-0.4, -0.2) is 51.2 Å². The van der Waals surface area contributed by atoms with Gasteiger partial charge < -0.3 is 19.7 Å². The van der Waals surface area contributed by atoms with Crippen LogP contribution in [0.5, 0.6) is 0 Å². The highest BCUT2D eigenvalue weighted by Gasteiger charge is 2.31. The van der Waals surface area contributed by atoms with Gasteiger partial charge in [0.05, 0.1) is 38.3 Å². The third-order valence-electron chi connectivity index (χ3n) is 5.88. The second-order valence-corrected chi connectivity index (χ2v) is 9.15. The summed E-state index contributed by atoms with van der Waals surface area (Å²) in [6, 6.07) is 0. The molecule has 0 aromatic carbocycles. The van der Waals surface area contributed by atoms with E-state index < -0.39 is 0 Å². The molecule has 1 saturated heterocycles. The lowest BCUT2D eigenvalue weighted by molar-refractivity contribution is -0.897. The minimum absolute atomic E-state index is 0.0568. The number of thiophene rings is 1. The first-order valence-electron chi connectivity index (χ1n) is 10.5.